The fourth-order valence-corrected chi connectivity index (χ4v) is 4.15. The highest BCUT2D eigenvalue weighted by atomic mass is 32.2. The molecule has 0 unspecified atom stereocenters. The van der Waals surface area contributed by atoms with Crippen molar-refractivity contribution in [1.82, 2.24) is 4.72 Å². The van der Waals surface area contributed by atoms with E-state index in [1.807, 2.05) is 22.9 Å². The van der Waals surface area contributed by atoms with Gasteiger partial charge in [-0.05, 0) is 18.2 Å². The highest BCUT2D eigenvalue weighted by Gasteiger charge is 2.21. The summed E-state index contributed by atoms with van der Waals surface area (Å²) in [5, 5.41) is 1.63. The average Bonchev–Trinajstić information content (AvgIpc) is 2.82. The van der Waals surface area contributed by atoms with Crippen molar-refractivity contribution in [1.29, 1.82) is 0 Å². The molecule has 0 fully saturated rings. The van der Waals surface area contributed by atoms with Crippen molar-refractivity contribution in [3.8, 4) is 0 Å². The maximum Gasteiger partial charge on any atom is 0.340 e. The summed E-state index contributed by atoms with van der Waals surface area (Å²) in [6, 6.07) is 11.6. The molecular formula is C13H12NO6PS. The van der Waals surface area contributed by atoms with Crippen LogP contribution >= 0.6 is 7.60 Å². The Morgan fingerprint density at radius 3 is 2.45 bits per heavy atom. The standard InChI is InChI=1S/C13H12NO6PS/c15-21(16,17)8-14-22(18,19)9-5-6-11-10-3-1-2-4-12(10)20-13(11)7-9/h1-7,14H,8H2,(H2,15,16,17). The quantitative estimate of drug-likeness (QED) is 0.625. The first-order valence-corrected chi connectivity index (χ1v) is 9.50. The lowest BCUT2D eigenvalue weighted by Gasteiger charge is -2.07. The molecule has 2 aromatic carbocycles. The Bertz CT molecular complexity index is 1000. The van der Waals surface area contributed by atoms with Gasteiger partial charge in [0.15, 0.2) is 0 Å². The minimum Gasteiger partial charge on any atom is -0.456 e. The van der Waals surface area contributed by atoms with E-state index < -0.39 is 23.9 Å². The van der Waals surface area contributed by atoms with Crippen LogP contribution in [-0.2, 0) is 14.6 Å². The van der Waals surface area contributed by atoms with Crippen LogP contribution in [0.4, 0.5) is 0 Å². The maximum absolute atomic E-state index is 12.0. The molecule has 1 aromatic heterocycles. The van der Waals surface area contributed by atoms with Crippen molar-refractivity contribution in [2.24, 2.45) is 0 Å². The zero-order valence-electron chi connectivity index (χ0n) is 11.1. The summed E-state index contributed by atoms with van der Waals surface area (Å²) in [5.41, 5.74) is 1.02. The van der Waals surface area contributed by atoms with Gasteiger partial charge in [-0.2, -0.15) is 4.72 Å². The predicted molar refractivity (Wildman–Crippen MR) is 81.0 cm³/mol. The molecule has 3 N–H and O–H groups in total. The molecule has 0 radical (unpaired) electrons. The van der Waals surface area contributed by atoms with Crippen LogP contribution in [0.25, 0.3) is 21.9 Å². The van der Waals surface area contributed by atoms with E-state index in [0.29, 0.717) is 11.2 Å². The number of para-hydroxylation sites is 1. The lowest BCUT2D eigenvalue weighted by molar-refractivity contribution is 0.371. The lowest BCUT2D eigenvalue weighted by atomic mass is 10.2. The van der Waals surface area contributed by atoms with E-state index in [9.17, 15) is 13.0 Å². The van der Waals surface area contributed by atoms with E-state index in [1.165, 1.54) is 12.1 Å². The second kappa shape index (κ2) is 5.19. The first-order valence-electron chi connectivity index (χ1n) is 6.22. The zero-order valence-corrected chi connectivity index (χ0v) is 12.8. The van der Waals surface area contributed by atoms with Crippen LogP contribution in [0.5, 0.6) is 0 Å². The van der Waals surface area contributed by atoms with Crippen molar-refractivity contribution in [3.05, 3.63) is 42.5 Å². The third kappa shape index (κ3) is 2.92. The summed E-state index contributed by atoms with van der Waals surface area (Å²) in [5.74, 6) is 0. The van der Waals surface area contributed by atoms with Crippen LogP contribution in [0.2, 0.25) is 0 Å². The van der Waals surface area contributed by atoms with Crippen LogP contribution in [0.1, 0.15) is 0 Å². The SMILES string of the molecule is O=P(O)(O)CNS(=O)(=O)c1ccc2c(c1)oc1ccccc12. The number of nitrogens with one attached hydrogen (secondary N) is 1. The summed E-state index contributed by atoms with van der Waals surface area (Å²) >= 11 is 0. The molecule has 0 saturated heterocycles. The molecule has 0 aliphatic heterocycles. The first kappa shape index (κ1) is 15.2. The second-order valence-electron chi connectivity index (χ2n) is 4.73. The highest BCUT2D eigenvalue weighted by molar-refractivity contribution is 7.89. The number of hydrogen-bond donors (Lipinski definition) is 3. The fourth-order valence-electron chi connectivity index (χ4n) is 2.13. The Morgan fingerprint density at radius 2 is 1.73 bits per heavy atom. The molecule has 22 heavy (non-hydrogen) atoms. The monoisotopic (exact) mass is 341 g/mol. The molecule has 0 atom stereocenters. The summed E-state index contributed by atoms with van der Waals surface area (Å²) in [4.78, 5) is 17.4. The molecular weight excluding hydrogens is 329 g/mol. The van der Waals surface area contributed by atoms with Gasteiger partial charge in [0.1, 0.15) is 17.5 Å². The highest BCUT2D eigenvalue weighted by Crippen LogP contribution is 2.33. The molecule has 9 heteroatoms. The molecule has 1 heterocycles. The first-order chi connectivity index (χ1) is 10.3. The van der Waals surface area contributed by atoms with Gasteiger partial charge in [0, 0.05) is 16.8 Å². The van der Waals surface area contributed by atoms with Gasteiger partial charge >= 0.3 is 7.60 Å². The summed E-state index contributed by atoms with van der Waals surface area (Å²) in [6.07, 6.45) is -0.951. The largest absolute Gasteiger partial charge is 0.456 e. The van der Waals surface area contributed by atoms with Gasteiger partial charge in [-0.3, -0.25) is 4.57 Å². The number of furan rings is 1. The smallest absolute Gasteiger partial charge is 0.340 e. The van der Waals surface area contributed by atoms with Gasteiger partial charge in [-0.15, -0.1) is 0 Å². The van der Waals surface area contributed by atoms with E-state index >= 15 is 0 Å². The fraction of sp³-hybridized carbons (Fsp3) is 0.0769. The molecule has 3 rings (SSSR count). The Morgan fingerprint density at radius 1 is 1.05 bits per heavy atom. The van der Waals surface area contributed by atoms with Crippen molar-refractivity contribution >= 4 is 39.6 Å². The number of rotatable bonds is 4. The van der Waals surface area contributed by atoms with Crippen LogP contribution in [0.15, 0.2) is 51.8 Å². The number of benzene rings is 2. The molecule has 116 valence electrons. The van der Waals surface area contributed by atoms with Gasteiger partial charge in [0.2, 0.25) is 10.0 Å². The molecule has 0 amide bonds. The van der Waals surface area contributed by atoms with Crippen LogP contribution < -0.4 is 4.72 Å². The van der Waals surface area contributed by atoms with Gasteiger partial charge in [-0.25, -0.2) is 8.42 Å². The lowest BCUT2D eigenvalue weighted by Crippen LogP contribution is -2.24. The van der Waals surface area contributed by atoms with Crippen molar-refractivity contribution in [2.75, 3.05) is 6.29 Å². The molecule has 0 aliphatic carbocycles. The third-order valence-corrected chi connectivity index (χ3v) is 5.30. The minimum absolute atomic E-state index is 0.118. The maximum atomic E-state index is 12.0. The second-order valence-corrected chi connectivity index (χ2v) is 8.14. The van der Waals surface area contributed by atoms with E-state index in [2.05, 4.69) is 0 Å². The molecule has 3 aromatic rings. The zero-order chi connectivity index (χ0) is 16.0. The number of sulfonamides is 1. The van der Waals surface area contributed by atoms with Gasteiger partial charge < -0.3 is 14.2 Å². The Labute approximate surface area is 125 Å². The van der Waals surface area contributed by atoms with Crippen LogP contribution in [0.3, 0.4) is 0 Å². The van der Waals surface area contributed by atoms with E-state index in [-0.39, 0.29) is 4.90 Å². The van der Waals surface area contributed by atoms with Gasteiger partial charge in [-0.1, -0.05) is 18.2 Å². The van der Waals surface area contributed by atoms with E-state index in [0.717, 1.165) is 10.8 Å². The Balaban J connectivity index is 2.05. The summed E-state index contributed by atoms with van der Waals surface area (Å²) in [7, 11) is -8.49. The minimum atomic E-state index is -4.47. The molecule has 0 spiro atoms. The van der Waals surface area contributed by atoms with Gasteiger partial charge in [0.05, 0.1) is 4.90 Å². The number of hydrogen-bond acceptors (Lipinski definition) is 4. The summed E-state index contributed by atoms with van der Waals surface area (Å²) in [6.45, 7) is 0. The topological polar surface area (TPSA) is 117 Å². The van der Waals surface area contributed by atoms with Crippen LogP contribution in [0, 0.1) is 0 Å². The van der Waals surface area contributed by atoms with Crippen molar-refractivity contribution in [2.45, 2.75) is 4.90 Å². The Kier molecular flexibility index (Phi) is 3.58. The predicted octanol–water partition coefficient (Wildman–Crippen LogP) is 2.00. The van der Waals surface area contributed by atoms with Crippen molar-refractivity contribution in [3.63, 3.8) is 0 Å². The number of fused-ring (bicyclic) bond motifs is 3. The van der Waals surface area contributed by atoms with Crippen LogP contribution in [-0.4, -0.2) is 24.5 Å². The molecule has 0 bridgehead atoms. The molecule has 0 aliphatic rings. The molecule has 0 saturated carbocycles. The molecule has 7 nitrogen and oxygen atoms in total. The van der Waals surface area contributed by atoms with E-state index in [1.54, 1.807) is 12.1 Å². The third-order valence-electron chi connectivity index (χ3n) is 3.12. The normalized spacial score (nSPS) is 13.0. The van der Waals surface area contributed by atoms with Crippen molar-refractivity contribution < 1.29 is 27.2 Å². The summed E-state index contributed by atoms with van der Waals surface area (Å²) < 4.78 is 42.3. The average molecular weight is 341 g/mol. The Hall–Kier alpha value is -1.70. The van der Waals surface area contributed by atoms with Gasteiger partial charge in [0.25, 0.3) is 0 Å². The van der Waals surface area contributed by atoms with E-state index in [4.69, 9.17) is 14.2 Å².